The Morgan fingerprint density at radius 2 is 2.11 bits per heavy atom. The van der Waals surface area contributed by atoms with Gasteiger partial charge < -0.3 is 9.15 Å². The highest BCUT2D eigenvalue weighted by molar-refractivity contribution is 6.32. The van der Waals surface area contributed by atoms with Crippen LogP contribution in [0.1, 0.15) is 22.9 Å². The van der Waals surface area contributed by atoms with Crippen LogP contribution in [0.25, 0.3) is 0 Å². The second-order valence-corrected chi connectivity index (χ2v) is 4.39. The number of hydrogen-bond donors (Lipinski definition) is 2. The summed E-state index contributed by atoms with van der Waals surface area (Å²) in [4.78, 5) is 0. The highest BCUT2D eigenvalue weighted by Gasteiger charge is 2.16. The molecule has 1 aromatic carbocycles. The van der Waals surface area contributed by atoms with Gasteiger partial charge in [0, 0.05) is 5.56 Å². The minimum Gasteiger partial charge on any atom is -0.495 e. The van der Waals surface area contributed by atoms with Gasteiger partial charge in [0.2, 0.25) is 0 Å². The number of methoxy groups -OCH3 is 1. The summed E-state index contributed by atoms with van der Waals surface area (Å²) in [7, 11) is 1.58. The molecular formula is C13H15ClN2O2. The predicted molar refractivity (Wildman–Crippen MR) is 70.6 cm³/mol. The maximum absolute atomic E-state index is 6.00. The lowest BCUT2D eigenvalue weighted by molar-refractivity contribution is 0.414. The molecule has 0 aliphatic carbocycles. The van der Waals surface area contributed by atoms with Gasteiger partial charge in [-0.15, -0.1) is 0 Å². The van der Waals surface area contributed by atoms with Crippen molar-refractivity contribution in [3.63, 3.8) is 0 Å². The molecule has 0 aliphatic rings. The van der Waals surface area contributed by atoms with Crippen LogP contribution >= 0.6 is 11.6 Å². The number of rotatable bonds is 4. The van der Waals surface area contributed by atoms with Crippen LogP contribution in [0.3, 0.4) is 0 Å². The summed E-state index contributed by atoms with van der Waals surface area (Å²) in [5, 5.41) is 0.570. The van der Waals surface area contributed by atoms with E-state index in [1.807, 2.05) is 25.1 Å². The molecule has 4 nitrogen and oxygen atoms in total. The Morgan fingerprint density at radius 3 is 2.67 bits per heavy atom. The summed E-state index contributed by atoms with van der Waals surface area (Å²) in [6.07, 6.45) is 1.68. The van der Waals surface area contributed by atoms with Gasteiger partial charge in [-0.3, -0.25) is 5.84 Å². The van der Waals surface area contributed by atoms with Crippen molar-refractivity contribution in [1.82, 2.24) is 5.43 Å². The molecule has 1 unspecified atom stereocenters. The fourth-order valence-electron chi connectivity index (χ4n) is 1.86. The molecule has 5 heteroatoms. The number of hydrazine groups is 1. The van der Waals surface area contributed by atoms with Crippen molar-refractivity contribution in [3.05, 3.63) is 52.4 Å². The smallest absolute Gasteiger partial charge is 0.137 e. The second-order valence-electron chi connectivity index (χ2n) is 3.98. The van der Waals surface area contributed by atoms with E-state index in [1.165, 1.54) is 0 Å². The van der Waals surface area contributed by atoms with E-state index in [9.17, 15) is 0 Å². The number of hydrogen-bond acceptors (Lipinski definition) is 4. The molecule has 1 aromatic heterocycles. The number of nitrogens with one attached hydrogen (secondary N) is 1. The molecule has 0 spiro atoms. The summed E-state index contributed by atoms with van der Waals surface area (Å²) in [6, 6.07) is 7.32. The average molecular weight is 267 g/mol. The normalized spacial score (nSPS) is 12.4. The first-order valence-electron chi connectivity index (χ1n) is 5.50. The summed E-state index contributed by atoms with van der Waals surface area (Å²) < 4.78 is 10.5. The van der Waals surface area contributed by atoms with Crippen LogP contribution in [-0.4, -0.2) is 7.11 Å². The summed E-state index contributed by atoms with van der Waals surface area (Å²) in [5.74, 6) is 7.07. The number of furan rings is 1. The monoisotopic (exact) mass is 266 g/mol. The van der Waals surface area contributed by atoms with Gasteiger partial charge in [0.15, 0.2) is 0 Å². The first kappa shape index (κ1) is 13.0. The maximum atomic E-state index is 6.00. The minimum atomic E-state index is -0.159. The lowest BCUT2D eigenvalue weighted by Gasteiger charge is -2.16. The number of benzene rings is 1. The van der Waals surface area contributed by atoms with Crippen LogP contribution in [0.5, 0.6) is 5.75 Å². The van der Waals surface area contributed by atoms with Crippen LogP contribution in [0, 0.1) is 6.92 Å². The largest absolute Gasteiger partial charge is 0.495 e. The van der Waals surface area contributed by atoms with Crippen molar-refractivity contribution < 1.29 is 9.15 Å². The topological polar surface area (TPSA) is 60.4 Å². The molecule has 0 saturated heterocycles. The molecule has 0 bridgehead atoms. The van der Waals surface area contributed by atoms with Gasteiger partial charge in [-0.25, -0.2) is 5.43 Å². The molecule has 2 aromatic rings. The molecule has 1 heterocycles. The number of halogens is 1. The van der Waals surface area contributed by atoms with E-state index in [4.69, 9.17) is 26.6 Å². The summed E-state index contributed by atoms with van der Waals surface area (Å²) >= 11 is 6.00. The third-order valence-electron chi connectivity index (χ3n) is 2.76. The van der Waals surface area contributed by atoms with Crippen molar-refractivity contribution in [3.8, 4) is 5.75 Å². The Balaban J connectivity index is 2.38. The van der Waals surface area contributed by atoms with E-state index in [1.54, 1.807) is 19.4 Å². The zero-order valence-electron chi connectivity index (χ0n) is 10.2. The first-order chi connectivity index (χ1) is 8.65. The quantitative estimate of drug-likeness (QED) is 0.660. The molecule has 0 amide bonds. The van der Waals surface area contributed by atoms with Crippen molar-refractivity contribution in [2.75, 3.05) is 7.11 Å². The van der Waals surface area contributed by atoms with Crippen molar-refractivity contribution in [1.29, 1.82) is 0 Å². The van der Waals surface area contributed by atoms with Crippen LogP contribution in [-0.2, 0) is 0 Å². The van der Waals surface area contributed by atoms with Crippen LogP contribution in [0.4, 0.5) is 0 Å². The molecule has 0 radical (unpaired) electrons. The summed E-state index contributed by atoms with van der Waals surface area (Å²) in [6.45, 7) is 1.89. The molecule has 2 rings (SSSR count). The third-order valence-corrected chi connectivity index (χ3v) is 3.07. The SMILES string of the molecule is COc1cc(C(NN)c2coc(C)c2)ccc1Cl. The van der Waals surface area contributed by atoms with E-state index in [-0.39, 0.29) is 6.04 Å². The fourth-order valence-corrected chi connectivity index (χ4v) is 2.05. The first-order valence-corrected chi connectivity index (χ1v) is 5.88. The maximum Gasteiger partial charge on any atom is 0.137 e. The molecule has 0 fully saturated rings. The van der Waals surface area contributed by atoms with E-state index in [0.29, 0.717) is 10.8 Å². The Labute approximate surface area is 111 Å². The van der Waals surface area contributed by atoms with Crippen LogP contribution < -0.4 is 16.0 Å². The van der Waals surface area contributed by atoms with Gasteiger partial charge in [0.05, 0.1) is 24.4 Å². The number of aryl methyl sites for hydroxylation is 1. The van der Waals surface area contributed by atoms with Gasteiger partial charge in [-0.05, 0) is 30.7 Å². The van der Waals surface area contributed by atoms with Gasteiger partial charge in [-0.2, -0.15) is 0 Å². The second kappa shape index (κ2) is 5.44. The third kappa shape index (κ3) is 2.51. The Hall–Kier alpha value is -1.49. The molecule has 96 valence electrons. The number of nitrogens with two attached hydrogens (primary N) is 1. The van der Waals surface area contributed by atoms with Gasteiger partial charge in [0.1, 0.15) is 11.5 Å². The van der Waals surface area contributed by atoms with E-state index in [0.717, 1.165) is 16.9 Å². The molecular weight excluding hydrogens is 252 g/mol. The summed E-state index contributed by atoms with van der Waals surface area (Å²) in [5.41, 5.74) is 4.68. The average Bonchev–Trinajstić information content (AvgIpc) is 2.79. The van der Waals surface area contributed by atoms with Crippen LogP contribution in [0.2, 0.25) is 5.02 Å². The number of ether oxygens (including phenoxy) is 1. The zero-order chi connectivity index (χ0) is 13.1. The highest BCUT2D eigenvalue weighted by atomic mass is 35.5. The molecule has 1 atom stereocenters. The zero-order valence-corrected chi connectivity index (χ0v) is 11.0. The Bertz CT molecular complexity index is 540. The van der Waals surface area contributed by atoms with E-state index < -0.39 is 0 Å². The van der Waals surface area contributed by atoms with Gasteiger partial charge in [0.25, 0.3) is 0 Å². The Morgan fingerprint density at radius 1 is 1.33 bits per heavy atom. The Kier molecular flexibility index (Phi) is 3.91. The van der Waals surface area contributed by atoms with E-state index >= 15 is 0 Å². The van der Waals surface area contributed by atoms with Crippen LogP contribution in [0.15, 0.2) is 34.9 Å². The molecule has 3 N–H and O–H groups in total. The van der Waals surface area contributed by atoms with Gasteiger partial charge in [-0.1, -0.05) is 17.7 Å². The minimum absolute atomic E-state index is 0.159. The standard InChI is InChI=1S/C13H15ClN2O2/c1-8-5-10(7-18-8)13(16-15)9-3-4-11(14)12(6-9)17-2/h3-7,13,16H,15H2,1-2H3. The predicted octanol–water partition coefficient (Wildman–Crippen LogP) is 2.80. The lowest BCUT2D eigenvalue weighted by atomic mass is 10.0. The molecule has 18 heavy (non-hydrogen) atoms. The van der Waals surface area contributed by atoms with Crippen molar-refractivity contribution in [2.24, 2.45) is 5.84 Å². The lowest BCUT2D eigenvalue weighted by Crippen LogP contribution is -2.28. The molecule has 0 aliphatic heterocycles. The van der Waals surface area contributed by atoms with Gasteiger partial charge >= 0.3 is 0 Å². The highest BCUT2D eigenvalue weighted by Crippen LogP contribution is 2.30. The van der Waals surface area contributed by atoms with Crippen molar-refractivity contribution in [2.45, 2.75) is 13.0 Å². The fraction of sp³-hybridized carbons (Fsp3) is 0.231. The van der Waals surface area contributed by atoms with Crippen molar-refractivity contribution >= 4 is 11.6 Å². The van der Waals surface area contributed by atoms with E-state index in [2.05, 4.69) is 5.43 Å². The molecule has 0 saturated carbocycles.